The minimum atomic E-state index is -4.08. The van der Waals surface area contributed by atoms with Crippen molar-refractivity contribution < 1.29 is 21.6 Å². The molecular formula is C19H17ClN4O5S2. The molecule has 1 aliphatic heterocycles. The van der Waals surface area contributed by atoms with Gasteiger partial charge in [0, 0.05) is 40.7 Å². The summed E-state index contributed by atoms with van der Waals surface area (Å²) in [6.07, 6.45) is 1.55. The molecule has 1 aromatic heterocycles. The van der Waals surface area contributed by atoms with Gasteiger partial charge in [0.2, 0.25) is 10.9 Å². The Morgan fingerprint density at radius 1 is 1.19 bits per heavy atom. The third-order valence-corrected chi connectivity index (χ3v) is 6.72. The van der Waals surface area contributed by atoms with E-state index in [-0.39, 0.29) is 21.1 Å². The first-order valence-electron chi connectivity index (χ1n) is 8.91. The summed E-state index contributed by atoms with van der Waals surface area (Å²) in [5.74, 6) is 0.633. The smallest absolute Gasteiger partial charge is 0.295 e. The Bertz CT molecular complexity index is 1350. The molecule has 0 aliphatic carbocycles. The number of nitrogens with zero attached hydrogens (tertiary/aromatic N) is 2. The maximum Gasteiger partial charge on any atom is 0.295 e. The van der Waals surface area contributed by atoms with E-state index in [1.54, 1.807) is 56.6 Å². The number of hydrogen-bond acceptors (Lipinski definition) is 6. The highest BCUT2D eigenvalue weighted by atomic mass is 35.5. The highest BCUT2D eigenvalue weighted by molar-refractivity contribution is 7.92. The van der Waals surface area contributed by atoms with E-state index in [0.29, 0.717) is 27.5 Å². The van der Waals surface area contributed by atoms with E-state index < -0.39 is 21.3 Å². The topological polar surface area (TPSA) is 124 Å². The number of amidine groups is 1. The molecule has 2 unspecified atom stereocenters. The lowest BCUT2D eigenvalue weighted by Crippen LogP contribution is -2.42. The molecule has 0 fully saturated rings. The zero-order chi connectivity index (χ0) is 22.4. The van der Waals surface area contributed by atoms with Gasteiger partial charge in [-0.1, -0.05) is 29.8 Å². The third-order valence-electron chi connectivity index (χ3n) is 4.89. The monoisotopic (exact) mass is 480 g/mol. The van der Waals surface area contributed by atoms with E-state index in [0.717, 1.165) is 0 Å². The fourth-order valence-electron chi connectivity index (χ4n) is 3.30. The summed E-state index contributed by atoms with van der Waals surface area (Å²) in [5.41, 5.74) is 1.13. The number of rotatable bonds is 6. The van der Waals surface area contributed by atoms with Crippen LogP contribution in [0, 0.1) is 0 Å². The fourth-order valence-corrected chi connectivity index (χ4v) is 4.78. The first-order valence-corrected chi connectivity index (χ1v) is 11.8. The van der Waals surface area contributed by atoms with Gasteiger partial charge in [0.25, 0.3) is 10.0 Å². The minimum absolute atomic E-state index is 0.0747. The van der Waals surface area contributed by atoms with Gasteiger partial charge in [-0.2, -0.15) is 13.4 Å². The Kier molecular flexibility index (Phi) is 5.40. The summed E-state index contributed by atoms with van der Waals surface area (Å²) >= 11 is 3.59. The van der Waals surface area contributed by atoms with Crippen LogP contribution in [0.5, 0.6) is 0 Å². The quantitative estimate of drug-likeness (QED) is 0.413. The van der Waals surface area contributed by atoms with Gasteiger partial charge in [0.1, 0.15) is 11.3 Å². The SMILES string of the molecule is CC1=NC(NS(=O)[O-])=C[N+]1(C)c1ccc(Cl)cc1NS(=O)(=O)c1cc2ccccc2o1. The highest BCUT2D eigenvalue weighted by Gasteiger charge is 2.37. The average Bonchev–Trinajstić information content (AvgIpc) is 3.23. The van der Waals surface area contributed by atoms with E-state index in [9.17, 15) is 17.2 Å². The van der Waals surface area contributed by atoms with E-state index >= 15 is 0 Å². The van der Waals surface area contributed by atoms with Gasteiger partial charge in [-0.25, -0.2) is 4.48 Å². The van der Waals surface area contributed by atoms with E-state index in [4.69, 9.17) is 16.0 Å². The van der Waals surface area contributed by atoms with E-state index in [1.165, 1.54) is 12.1 Å². The second-order valence-corrected chi connectivity index (χ2v) is 9.68. The van der Waals surface area contributed by atoms with Gasteiger partial charge in [-0.05, 0) is 18.2 Å². The lowest BCUT2D eigenvalue weighted by molar-refractivity contribution is 0.484. The molecule has 0 radical (unpaired) electrons. The fraction of sp³-hybridized carbons (Fsp3) is 0.105. The number of aliphatic imine (C=N–C) groups is 1. The van der Waals surface area contributed by atoms with Crippen molar-refractivity contribution in [1.29, 1.82) is 0 Å². The number of quaternary nitrogens is 1. The lowest BCUT2D eigenvalue weighted by atomic mass is 10.2. The summed E-state index contributed by atoms with van der Waals surface area (Å²) in [7, 11) is -2.34. The molecule has 162 valence electrons. The van der Waals surface area contributed by atoms with Crippen LogP contribution in [0.4, 0.5) is 11.4 Å². The second kappa shape index (κ2) is 7.77. The molecule has 0 amide bonds. The Labute approximate surface area is 186 Å². The first-order chi connectivity index (χ1) is 14.6. The molecule has 4 rings (SSSR count). The number of anilines is 1. The second-order valence-electron chi connectivity index (χ2n) is 6.96. The average molecular weight is 481 g/mol. The molecule has 0 bridgehead atoms. The third kappa shape index (κ3) is 4.10. The van der Waals surface area contributed by atoms with Gasteiger partial charge in [0.15, 0.2) is 17.7 Å². The molecule has 31 heavy (non-hydrogen) atoms. The predicted octanol–water partition coefficient (Wildman–Crippen LogP) is 3.44. The van der Waals surface area contributed by atoms with Crippen molar-refractivity contribution in [3.63, 3.8) is 0 Å². The number of para-hydroxylation sites is 1. The molecule has 3 aromatic rings. The van der Waals surface area contributed by atoms with Gasteiger partial charge < -0.3 is 8.97 Å². The van der Waals surface area contributed by atoms with E-state index in [1.807, 2.05) is 0 Å². The Hall–Kier alpha value is -2.70. The van der Waals surface area contributed by atoms with Gasteiger partial charge >= 0.3 is 0 Å². The van der Waals surface area contributed by atoms with Gasteiger partial charge in [0.05, 0.1) is 7.05 Å². The molecule has 0 saturated heterocycles. The van der Waals surface area contributed by atoms with Crippen LogP contribution in [-0.4, -0.2) is 30.1 Å². The highest BCUT2D eigenvalue weighted by Crippen LogP contribution is 2.38. The summed E-state index contributed by atoms with van der Waals surface area (Å²) < 4.78 is 58.3. The maximum absolute atomic E-state index is 13.1. The van der Waals surface area contributed by atoms with Crippen LogP contribution in [0.3, 0.4) is 0 Å². The predicted molar refractivity (Wildman–Crippen MR) is 119 cm³/mol. The van der Waals surface area contributed by atoms with Crippen LogP contribution < -0.4 is 13.9 Å². The Morgan fingerprint density at radius 2 is 1.94 bits per heavy atom. The van der Waals surface area contributed by atoms with Crippen LogP contribution in [0.25, 0.3) is 11.0 Å². The molecule has 2 N–H and O–H groups in total. The Balaban J connectivity index is 1.76. The molecular weight excluding hydrogens is 464 g/mol. The summed E-state index contributed by atoms with van der Waals surface area (Å²) in [4.78, 5) is 4.22. The van der Waals surface area contributed by atoms with Crippen molar-refractivity contribution >= 4 is 61.1 Å². The molecule has 0 spiro atoms. The number of benzene rings is 2. The molecule has 1 aliphatic rings. The molecule has 2 atom stereocenters. The summed E-state index contributed by atoms with van der Waals surface area (Å²) in [6, 6.07) is 13.1. The van der Waals surface area contributed by atoms with Gasteiger partial charge in [-0.15, -0.1) is 0 Å². The van der Waals surface area contributed by atoms with Gasteiger partial charge in [-0.3, -0.25) is 13.7 Å². The van der Waals surface area contributed by atoms with E-state index in [2.05, 4.69) is 14.4 Å². The van der Waals surface area contributed by atoms with Crippen molar-refractivity contribution in [3.8, 4) is 0 Å². The number of fused-ring (bicyclic) bond motifs is 1. The zero-order valence-corrected chi connectivity index (χ0v) is 18.7. The number of furan rings is 1. The van der Waals surface area contributed by atoms with Crippen molar-refractivity contribution in [1.82, 2.24) is 9.21 Å². The number of halogens is 1. The molecule has 12 heteroatoms. The van der Waals surface area contributed by atoms with Crippen LogP contribution in [0.2, 0.25) is 5.02 Å². The standard InChI is InChI=1S/C19H17ClN4O5S2/c1-12-21-18(22-30(25)26)11-24(12,2)16-8-7-14(20)10-15(16)23-31(27,28)19-9-13-5-3-4-6-17(13)29-19/h3-11,22-23H,1-2H3. The molecule has 2 aromatic carbocycles. The first kappa shape index (κ1) is 21.5. The zero-order valence-electron chi connectivity index (χ0n) is 16.3. The summed E-state index contributed by atoms with van der Waals surface area (Å²) in [5, 5.41) is 0.725. The van der Waals surface area contributed by atoms with Crippen LogP contribution in [-0.2, 0) is 21.3 Å². The molecule has 9 nitrogen and oxygen atoms in total. The number of sulfonamides is 1. The van der Waals surface area contributed by atoms with Crippen molar-refractivity contribution in [2.75, 3.05) is 11.8 Å². The molecule has 0 saturated carbocycles. The van der Waals surface area contributed by atoms with Crippen LogP contribution in [0.15, 0.2) is 75.1 Å². The van der Waals surface area contributed by atoms with Crippen LogP contribution in [0.1, 0.15) is 6.92 Å². The van der Waals surface area contributed by atoms with Crippen molar-refractivity contribution in [2.45, 2.75) is 12.0 Å². The maximum atomic E-state index is 13.1. The minimum Gasteiger partial charge on any atom is -0.755 e. The van der Waals surface area contributed by atoms with Crippen molar-refractivity contribution in [2.24, 2.45) is 4.99 Å². The normalized spacial score (nSPS) is 19.7. The molecule has 2 heterocycles. The van der Waals surface area contributed by atoms with Crippen LogP contribution >= 0.6 is 11.6 Å². The Morgan fingerprint density at radius 3 is 2.65 bits per heavy atom. The lowest BCUT2D eigenvalue weighted by Gasteiger charge is -2.27. The number of nitrogens with one attached hydrogen (secondary N) is 2. The number of hydrogen-bond donors (Lipinski definition) is 2. The van der Waals surface area contributed by atoms with Crippen molar-refractivity contribution in [3.05, 3.63) is 65.6 Å². The summed E-state index contributed by atoms with van der Waals surface area (Å²) in [6.45, 7) is 1.70. The largest absolute Gasteiger partial charge is 0.755 e.